The Morgan fingerprint density at radius 2 is 2.16 bits per heavy atom. The van der Waals surface area contributed by atoms with Gasteiger partial charge < -0.3 is 0 Å². The highest BCUT2D eigenvalue weighted by Gasteiger charge is 2.31. The summed E-state index contributed by atoms with van der Waals surface area (Å²) in [6, 6.07) is 9.80. The van der Waals surface area contributed by atoms with Gasteiger partial charge in [-0.2, -0.15) is 9.36 Å². The SMILES string of the molecule is C#CC1CC(=O)N(c2nsc(-c3ccccc3)n2)C1. The fourth-order valence-corrected chi connectivity index (χ4v) is 2.71. The molecule has 94 valence electrons. The Kier molecular flexibility index (Phi) is 3.02. The second kappa shape index (κ2) is 4.82. The lowest BCUT2D eigenvalue weighted by Gasteiger charge is -2.09. The molecule has 0 N–H and O–H groups in total. The number of aromatic nitrogens is 2. The second-order valence-electron chi connectivity index (χ2n) is 4.34. The van der Waals surface area contributed by atoms with E-state index in [4.69, 9.17) is 6.42 Å². The van der Waals surface area contributed by atoms with Gasteiger partial charge in [-0.05, 0) is 11.5 Å². The summed E-state index contributed by atoms with van der Waals surface area (Å²) in [4.78, 5) is 17.8. The van der Waals surface area contributed by atoms with Gasteiger partial charge in [0.15, 0.2) is 0 Å². The number of anilines is 1. The Morgan fingerprint density at radius 1 is 1.37 bits per heavy atom. The van der Waals surface area contributed by atoms with Crippen molar-refractivity contribution in [2.24, 2.45) is 5.92 Å². The third-order valence-electron chi connectivity index (χ3n) is 3.04. The monoisotopic (exact) mass is 269 g/mol. The van der Waals surface area contributed by atoms with Gasteiger partial charge in [0, 0.05) is 24.4 Å². The molecule has 3 rings (SSSR count). The molecule has 0 aliphatic carbocycles. The number of rotatable bonds is 2. The lowest BCUT2D eigenvalue weighted by atomic mass is 10.1. The van der Waals surface area contributed by atoms with Gasteiger partial charge in [0.05, 0.1) is 0 Å². The molecule has 1 fully saturated rings. The summed E-state index contributed by atoms with van der Waals surface area (Å²) < 4.78 is 4.26. The molecule has 5 heteroatoms. The molecular weight excluding hydrogens is 258 g/mol. The van der Waals surface area contributed by atoms with Crippen LogP contribution in [0.1, 0.15) is 6.42 Å². The molecule has 1 aromatic carbocycles. The van der Waals surface area contributed by atoms with Crippen molar-refractivity contribution in [3.8, 4) is 22.9 Å². The zero-order valence-corrected chi connectivity index (χ0v) is 10.9. The van der Waals surface area contributed by atoms with E-state index in [0.717, 1.165) is 10.6 Å². The fraction of sp³-hybridized carbons (Fsp3) is 0.214. The Hall–Kier alpha value is -2.19. The summed E-state index contributed by atoms with van der Waals surface area (Å²) in [5.74, 6) is 3.05. The maximum atomic E-state index is 11.8. The molecule has 0 saturated carbocycles. The molecule has 1 aliphatic rings. The molecule has 1 unspecified atom stereocenters. The van der Waals surface area contributed by atoms with Crippen LogP contribution in [0.3, 0.4) is 0 Å². The van der Waals surface area contributed by atoms with E-state index >= 15 is 0 Å². The Balaban J connectivity index is 1.87. The predicted molar refractivity (Wildman–Crippen MR) is 74.6 cm³/mol. The third-order valence-corrected chi connectivity index (χ3v) is 3.79. The molecule has 1 aromatic heterocycles. The van der Waals surface area contributed by atoms with Crippen molar-refractivity contribution in [3.05, 3.63) is 30.3 Å². The second-order valence-corrected chi connectivity index (χ2v) is 5.09. The van der Waals surface area contributed by atoms with E-state index < -0.39 is 0 Å². The molecule has 0 bridgehead atoms. The lowest BCUT2D eigenvalue weighted by Crippen LogP contribution is -2.25. The van der Waals surface area contributed by atoms with E-state index in [1.54, 1.807) is 4.90 Å². The summed E-state index contributed by atoms with van der Waals surface area (Å²) in [5, 5.41) is 0.813. The normalized spacial score (nSPS) is 18.6. The molecule has 2 heterocycles. The van der Waals surface area contributed by atoms with Gasteiger partial charge in [-0.25, -0.2) is 0 Å². The van der Waals surface area contributed by atoms with Crippen LogP contribution in [0.5, 0.6) is 0 Å². The summed E-state index contributed by atoms with van der Waals surface area (Å²) in [5.41, 5.74) is 1.01. The van der Waals surface area contributed by atoms with Crippen LogP contribution >= 0.6 is 11.5 Å². The highest BCUT2D eigenvalue weighted by molar-refractivity contribution is 7.09. The first-order chi connectivity index (χ1) is 9.28. The van der Waals surface area contributed by atoms with Crippen molar-refractivity contribution in [1.82, 2.24) is 9.36 Å². The van der Waals surface area contributed by atoms with E-state index in [9.17, 15) is 4.79 Å². The van der Waals surface area contributed by atoms with E-state index in [2.05, 4.69) is 15.3 Å². The number of carbonyl (C=O) groups excluding carboxylic acids is 1. The van der Waals surface area contributed by atoms with Crippen molar-refractivity contribution in [2.45, 2.75) is 6.42 Å². The molecule has 4 nitrogen and oxygen atoms in total. The number of hydrogen-bond acceptors (Lipinski definition) is 4. The number of amides is 1. The van der Waals surface area contributed by atoms with Gasteiger partial charge in [0.2, 0.25) is 11.9 Å². The van der Waals surface area contributed by atoms with E-state index in [1.165, 1.54) is 11.5 Å². The van der Waals surface area contributed by atoms with Gasteiger partial charge in [0.25, 0.3) is 0 Å². The highest BCUT2D eigenvalue weighted by atomic mass is 32.1. The van der Waals surface area contributed by atoms with Gasteiger partial charge in [0.1, 0.15) is 5.01 Å². The summed E-state index contributed by atoms with van der Waals surface area (Å²) >= 11 is 1.29. The Bertz CT molecular complexity index is 644. The van der Waals surface area contributed by atoms with Crippen LogP contribution in [0.25, 0.3) is 10.6 Å². The van der Waals surface area contributed by atoms with Gasteiger partial charge in [-0.15, -0.1) is 12.3 Å². The molecule has 2 aromatic rings. The smallest absolute Gasteiger partial charge is 0.244 e. The van der Waals surface area contributed by atoms with E-state index in [0.29, 0.717) is 18.9 Å². The van der Waals surface area contributed by atoms with Crippen molar-refractivity contribution in [3.63, 3.8) is 0 Å². The molecule has 1 saturated heterocycles. The molecule has 1 aliphatic heterocycles. The first kappa shape index (κ1) is 11.9. The Labute approximate surface area is 115 Å². The number of terminal acetylenes is 1. The van der Waals surface area contributed by atoms with Gasteiger partial charge in [-0.1, -0.05) is 30.3 Å². The molecule has 1 amide bonds. The largest absolute Gasteiger partial charge is 0.279 e. The highest BCUT2D eigenvalue weighted by Crippen LogP contribution is 2.27. The predicted octanol–water partition coefficient (Wildman–Crippen LogP) is 2.19. The maximum Gasteiger partial charge on any atom is 0.244 e. The quantitative estimate of drug-likeness (QED) is 0.785. The Morgan fingerprint density at radius 3 is 2.84 bits per heavy atom. The lowest BCUT2D eigenvalue weighted by molar-refractivity contribution is -0.117. The molecular formula is C14H11N3OS. The standard InChI is InChI=1S/C14H11N3OS/c1-2-10-8-12(18)17(9-10)14-15-13(19-16-14)11-6-4-3-5-7-11/h1,3-7,10H,8-9H2. The van der Waals surface area contributed by atoms with Crippen LogP contribution < -0.4 is 4.90 Å². The van der Waals surface area contributed by atoms with Crippen molar-refractivity contribution >= 4 is 23.4 Å². The van der Waals surface area contributed by atoms with Gasteiger partial charge in [-0.3, -0.25) is 9.69 Å². The van der Waals surface area contributed by atoms with Crippen LogP contribution in [0.15, 0.2) is 30.3 Å². The van der Waals surface area contributed by atoms with Crippen LogP contribution in [-0.4, -0.2) is 21.8 Å². The number of nitrogens with zero attached hydrogens (tertiary/aromatic N) is 3. The molecule has 1 atom stereocenters. The van der Waals surface area contributed by atoms with Crippen LogP contribution in [0.2, 0.25) is 0 Å². The van der Waals surface area contributed by atoms with Crippen LogP contribution in [-0.2, 0) is 4.79 Å². The number of hydrogen-bond donors (Lipinski definition) is 0. The number of carbonyl (C=O) groups is 1. The van der Waals surface area contributed by atoms with Crippen LogP contribution in [0, 0.1) is 18.3 Å². The topological polar surface area (TPSA) is 46.1 Å². The first-order valence-corrected chi connectivity index (χ1v) is 6.71. The summed E-state index contributed by atoms with van der Waals surface area (Å²) in [7, 11) is 0. The summed E-state index contributed by atoms with van der Waals surface area (Å²) in [6.07, 6.45) is 5.75. The summed E-state index contributed by atoms with van der Waals surface area (Å²) in [6.45, 7) is 0.514. The molecule has 0 radical (unpaired) electrons. The molecule has 0 spiro atoms. The molecule has 19 heavy (non-hydrogen) atoms. The average molecular weight is 269 g/mol. The maximum absolute atomic E-state index is 11.8. The number of benzene rings is 1. The van der Waals surface area contributed by atoms with Crippen molar-refractivity contribution < 1.29 is 4.79 Å². The van der Waals surface area contributed by atoms with Crippen LogP contribution in [0.4, 0.5) is 5.95 Å². The van der Waals surface area contributed by atoms with Crippen molar-refractivity contribution in [1.29, 1.82) is 0 Å². The fourth-order valence-electron chi connectivity index (χ4n) is 2.04. The van der Waals surface area contributed by atoms with E-state index in [-0.39, 0.29) is 11.8 Å². The zero-order valence-electron chi connectivity index (χ0n) is 10.1. The minimum Gasteiger partial charge on any atom is -0.279 e. The first-order valence-electron chi connectivity index (χ1n) is 5.93. The minimum atomic E-state index is -0.0313. The minimum absolute atomic E-state index is 0.000335. The average Bonchev–Trinajstić information content (AvgIpc) is 3.06. The van der Waals surface area contributed by atoms with E-state index in [1.807, 2.05) is 30.3 Å². The third kappa shape index (κ3) is 2.23. The van der Waals surface area contributed by atoms with Crippen molar-refractivity contribution in [2.75, 3.05) is 11.4 Å². The van der Waals surface area contributed by atoms with Gasteiger partial charge >= 0.3 is 0 Å². The zero-order chi connectivity index (χ0) is 13.2.